The van der Waals surface area contributed by atoms with E-state index < -0.39 is 5.97 Å². The molecule has 1 aliphatic rings. The third-order valence-electron chi connectivity index (χ3n) is 5.33. The van der Waals surface area contributed by atoms with Crippen molar-refractivity contribution < 1.29 is 19.8 Å². The lowest BCUT2D eigenvalue weighted by atomic mass is 9.91. The molecule has 1 aromatic heterocycles. The molecule has 2 aromatic rings. The van der Waals surface area contributed by atoms with E-state index in [1.807, 2.05) is 39.8 Å². The molecule has 0 saturated heterocycles. The van der Waals surface area contributed by atoms with E-state index in [0.717, 1.165) is 16.9 Å². The summed E-state index contributed by atoms with van der Waals surface area (Å²) >= 11 is 4.59. The van der Waals surface area contributed by atoms with Gasteiger partial charge in [0.15, 0.2) is 0 Å². The lowest BCUT2D eigenvalue weighted by molar-refractivity contribution is 0.0702. The molecule has 0 bridgehead atoms. The predicted molar refractivity (Wildman–Crippen MR) is 132 cm³/mol. The number of aromatic carboxylic acids is 1. The number of halogens is 1. The van der Waals surface area contributed by atoms with Crippen molar-refractivity contribution in [3.63, 3.8) is 0 Å². The topological polar surface area (TPSA) is 77.8 Å². The molecular weight excluding hydrogens is 490 g/mol. The van der Waals surface area contributed by atoms with Crippen molar-refractivity contribution in [2.75, 3.05) is 4.90 Å². The van der Waals surface area contributed by atoms with Gasteiger partial charge in [-0.3, -0.25) is 4.79 Å². The summed E-state index contributed by atoms with van der Waals surface area (Å²) in [6.07, 6.45) is 1.98. The minimum atomic E-state index is -1.08. The number of amides is 1. The van der Waals surface area contributed by atoms with E-state index in [1.165, 1.54) is 0 Å². The molecule has 0 atom stereocenters. The van der Waals surface area contributed by atoms with Crippen LogP contribution < -0.4 is 4.90 Å². The van der Waals surface area contributed by atoms with E-state index in [-0.39, 0.29) is 28.3 Å². The molecule has 1 amide bonds. The van der Waals surface area contributed by atoms with Crippen LogP contribution in [-0.4, -0.2) is 34.2 Å². The van der Waals surface area contributed by atoms with Gasteiger partial charge in [-0.15, -0.1) is 11.3 Å². The Balaban J connectivity index is 2.12. The fourth-order valence-electron chi connectivity index (χ4n) is 3.74. The Morgan fingerprint density at radius 2 is 1.81 bits per heavy atom. The van der Waals surface area contributed by atoms with Gasteiger partial charge in [0, 0.05) is 15.9 Å². The van der Waals surface area contributed by atoms with E-state index in [9.17, 15) is 19.8 Å². The second-order valence-corrected chi connectivity index (χ2v) is 11.2. The summed E-state index contributed by atoms with van der Waals surface area (Å²) < 4.78 is 0.670. The summed E-state index contributed by atoms with van der Waals surface area (Å²) in [5, 5.41) is 19.9. The molecule has 0 radical (unpaired) electrons. The molecule has 1 saturated carbocycles. The zero-order chi connectivity index (χ0) is 23.6. The molecule has 7 heteroatoms. The Kier molecular flexibility index (Phi) is 7.49. The highest BCUT2D eigenvalue weighted by Gasteiger charge is 2.34. The number of aliphatic hydroxyl groups is 1. The van der Waals surface area contributed by atoms with Crippen LogP contribution >= 0.6 is 27.3 Å². The summed E-state index contributed by atoms with van der Waals surface area (Å²) in [6.45, 7) is 7.92. The minimum absolute atomic E-state index is 0.103. The quantitative estimate of drug-likeness (QED) is 0.497. The summed E-state index contributed by atoms with van der Waals surface area (Å²) in [6, 6.07) is 7.03. The molecule has 5 nitrogen and oxygen atoms in total. The standard InChI is InChI=1S/C25H28BrNO4S/c1-15-5-10-19(20(26)13-15)23(29)27(16-6-8-17(28)9-7-16)21-14-18(11-12-25(2,3)4)32-22(21)24(30)31/h5,10,13-14,16-17,28H,6-9H2,1-4H3,(H,30,31). The first kappa shape index (κ1) is 24.5. The summed E-state index contributed by atoms with van der Waals surface area (Å²) in [5.74, 6) is 4.89. The Labute approximate surface area is 201 Å². The monoisotopic (exact) mass is 517 g/mol. The maximum Gasteiger partial charge on any atom is 0.348 e. The minimum Gasteiger partial charge on any atom is -0.477 e. The fraction of sp³-hybridized carbons (Fsp3) is 0.440. The number of nitrogens with zero attached hydrogens (tertiary/aromatic N) is 1. The molecule has 0 unspecified atom stereocenters. The summed E-state index contributed by atoms with van der Waals surface area (Å²) in [4.78, 5) is 28.2. The Morgan fingerprint density at radius 1 is 1.16 bits per heavy atom. The summed E-state index contributed by atoms with van der Waals surface area (Å²) in [7, 11) is 0. The number of rotatable bonds is 4. The van der Waals surface area contributed by atoms with Gasteiger partial charge in [-0.2, -0.15) is 0 Å². The van der Waals surface area contributed by atoms with Crippen LogP contribution in [0.1, 0.15) is 76.9 Å². The van der Waals surface area contributed by atoms with E-state index >= 15 is 0 Å². The highest BCUT2D eigenvalue weighted by atomic mass is 79.9. The number of thiophene rings is 1. The molecule has 170 valence electrons. The molecule has 0 spiro atoms. The lowest BCUT2D eigenvalue weighted by Crippen LogP contribution is -2.44. The largest absolute Gasteiger partial charge is 0.477 e. The predicted octanol–water partition coefficient (Wildman–Crippen LogP) is 5.87. The van der Waals surface area contributed by atoms with Crippen LogP contribution in [0, 0.1) is 24.2 Å². The molecule has 2 N–H and O–H groups in total. The maximum atomic E-state index is 13.8. The fourth-order valence-corrected chi connectivity index (χ4v) is 5.24. The molecule has 0 aliphatic heterocycles. The number of carboxylic acids is 1. The molecule has 32 heavy (non-hydrogen) atoms. The third-order valence-corrected chi connectivity index (χ3v) is 7.02. The zero-order valence-electron chi connectivity index (χ0n) is 18.7. The van der Waals surface area contributed by atoms with Crippen LogP contribution in [-0.2, 0) is 0 Å². The second kappa shape index (κ2) is 9.78. The average molecular weight is 518 g/mol. The third kappa shape index (κ3) is 5.80. The van der Waals surface area contributed by atoms with Gasteiger partial charge in [0.25, 0.3) is 5.91 Å². The van der Waals surface area contributed by atoms with Crippen LogP contribution in [0.4, 0.5) is 5.69 Å². The molecule has 1 fully saturated rings. The Hall–Kier alpha value is -2.14. The average Bonchev–Trinajstić information content (AvgIpc) is 3.12. The van der Waals surface area contributed by atoms with Crippen molar-refractivity contribution in [2.45, 2.75) is 65.5 Å². The first-order chi connectivity index (χ1) is 15.0. The SMILES string of the molecule is Cc1ccc(C(=O)N(c2cc(C#CC(C)(C)C)sc2C(=O)O)C2CCC(O)CC2)c(Br)c1. The molecular formula is C25H28BrNO4S. The van der Waals surface area contributed by atoms with Gasteiger partial charge in [-0.05, 0) is 93.1 Å². The van der Waals surface area contributed by atoms with Gasteiger partial charge in [0.2, 0.25) is 0 Å². The highest BCUT2D eigenvalue weighted by Crippen LogP contribution is 2.37. The van der Waals surface area contributed by atoms with Crippen LogP contribution in [0.5, 0.6) is 0 Å². The number of hydrogen-bond acceptors (Lipinski definition) is 4. The van der Waals surface area contributed by atoms with Gasteiger partial charge >= 0.3 is 5.97 Å². The van der Waals surface area contributed by atoms with Crippen molar-refractivity contribution in [3.05, 3.63) is 49.6 Å². The van der Waals surface area contributed by atoms with Gasteiger partial charge in [-0.25, -0.2) is 4.79 Å². The first-order valence-corrected chi connectivity index (χ1v) is 12.3. The van der Waals surface area contributed by atoms with E-state index in [2.05, 4.69) is 27.8 Å². The maximum absolute atomic E-state index is 13.8. The van der Waals surface area contributed by atoms with Crippen LogP contribution in [0.25, 0.3) is 0 Å². The van der Waals surface area contributed by atoms with Crippen molar-refractivity contribution in [1.82, 2.24) is 0 Å². The summed E-state index contributed by atoms with van der Waals surface area (Å²) in [5.41, 5.74) is 1.64. The number of carbonyl (C=O) groups excluding carboxylic acids is 1. The molecule has 1 aliphatic carbocycles. The number of carbonyl (C=O) groups is 2. The molecule has 1 aromatic carbocycles. The Bertz CT molecular complexity index is 1080. The second-order valence-electron chi connectivity index (χ2n) is 9.25. The van der Waals surface area contributed by atoms with Crippen molar-refractivity contribution in [2.24, 2.45) is 5.41 Å². The number of anilines is 1. The molecule has 1 heterocycles. The van der Waals surface area contributed by atoms with Crippen LogP contribution in [0.2, 0.25) is 0 Å². The van der Waals surface area contributed by atoms with E-state index in [0.29, 0.717) is 46.3 Å². The zero-order valence-corrected chi connectivity index (χ0v) is 21.1. The van der Waals surface area contributed by atoms with Crippen molar-refractivity contribution in [3.8, 4) is 11.8 Å². The highest BCUT2D eigenvalue weighted by molar-refractivity contribution is 9.10. The van der Waals surface area contributed by atoms with E-state index in [1.54, 1.807) is 17.0 Å². The van der Waals surface area contributed by atoms with Gasteiger partial charge in [-0.1, -0.05) is 17.9 Å². The number of hydrogen-bond donors (Lipinski definition) is 2. The number of aliphatic hydroxyl groups excluding tert-OH is 1. The Morgan fingerprint density at radius 3 is 2.38 bits per heavy atom. The number of carboxylic acid groups (broad SMARTS) is 1. The van der Waals surface area contributed by atoms with Gasteiger partial charge in [0.1, 0.15) is 4.88 Å². The lowest BCUT2D eigenvalue weighted by Gasteiger charge is -2.36. The van der Waals surface area contributed by atoms with Crippen molar-refractivity contribution in [1.29, 1.82) is 0 Å². The number of aryl methyl sites for hydroxylation is 1. The van der Waals surface area contributed by atoms with Crippen LogP contribution in [0.15, 0.2) is 28.7 Å². The smallest absolute Gasteiger partial charge is 0.348 e. The van der Waals surface area contributed by atoms with Gasteiger partial charge in [0.05, 0.1) is 22.2 Å². The van der Waals surface area contributed by atoms with Gasteiger partial charge < -0.3 is 15.1 Å². The van der Waals surface area contributed by atoms with Crippen LogP contribution in [0.3, 0.4) is 0 Å². The normalized spacial score (nSPS) is 18.6. The first-order valence-electron chi connectivity index (χ1n) is 10.6. The van der Waals surface area contributed by atoms with E-state index in [4.69, 9.17) is 0 Å². The van der Waals surface area contributed by atoms with Crippen molar-refractivity contribution >= 4 is 44.8 Å². The number of benzene rings is 1. The molecule has 3 rings (SSSR count).